The number of hydrogen-bond acceptors (Lipinski definition) is 5. The minimum atomic E-state index is -4.33. The van der Waals surface area contributed by atoms with Gasteiger partial charge in [-0.25, -0.2) is 4.57 Å². The highest BCUT2D eigenvalue weighted by molar-refractivity contribution is 7.47. The van der Waals surface area contributed by atoms with E-state index in [0.29, 0.717) is 23.9 Å². The highest BCUT2D eigenvalue weighted by atomic mass is 31.2. The van der Waals surface area contributed by atoms with Gasteiger partial charge in [0.1, 0.15) is 13.2 Å². The summed E-state index contributed by atoms with van der Waals surface area (Å²) in [6.07, 6.45) is 84.4. The van der Waals surface area contributed by atoms with Crippen LogP contribution in [0.3, 0.4) is 0 Å². The third-order valence-corrected chi connectivity index (χ3v) is 18.2. The molecule has 0 aromatic heterocycles. The van der Waals surface area contributed by atoms with E-state index in [2.05, 4.69) is 43.5 Å². The minimum absolute atomic E-state index is 0.0781. The fourth-order valence-electron chi connectivity index (χ4n) is 11.5. The van der Waals surface area contributed by atoms with Crippen molar-refractivity contribution in [1.82, 2.24) is 5.32 Å². The average Bonchev–Trinajstić information content (AvgIpc) is 3.47. The van der Waals surface area contributed by atoms with E-state index >= 15 is 0 Å². The normalized spacial score (nSPS) is 13.7. The van der Waals surface area contributed by atoms with Crippen molar-refractivity contribution in [2.75, 3.05) is 40.9 Å². The Kier molecular flexibility index (Phi) is 63.7. The molecule has 488 valence electrons. The first-order valence-corrected chi connectivity index (χ1v) is 38.2. The average molecular weight is 1180 g/mol. The number of aliphatic hydroxyl groups excluding tert-OH is 1. The molecule has 0 fully saturated rings. The molecule has 0 saturated carbocycles. The fraction of sp³-hybridized carbons (Fsp3) is 0.932. The zero-order valence-corrected chi connectivity index (χ0v) is 56.9. The van der Waals surface area contributed by atoms with Crippen molar-refractivity contribution in [1.29, 1.82) is 0 Å². The molecule has 0 aromatic rings. The lowest BCUT2D eigenvalue weighted by atomic mass is 10.0. The van der Waals surface area contributed by atoms with Gasteiger partial charge in [-0.1, -0.05) is 359 Å². The van der Waals surface area contributed by atoms with Gasteiger partial charge in [0.05, 0.1) is 39.9 Å². The lowest BCUT2D eigenvalue weighted by Gasteiger charge is -2.26. The molecule has 0 radical (unpaired) electrons. The minimum Gasteiger partial charge on any atom is -0.391 e. The van der Waals surface area contributed by atoms with Crippen molar-refractivity contribution in [2.24, 2.45) is 0 Å². The first kappa shape index (κ1) is 81.0. The van der Waals surface area contributed by atoms with Gasteiger partial charge in [0, 0.05) is 6.42 Å². The fourth-order valence-corrected chi connectivity index (χ4v) is 12.2. The van der Waals surface area contributed by atoms with Crippen LogP contribution in [-0.4, -0.2) is 73.4 Å². The quantitative estimate of drug-likeness (QED) is 0.0243. The number of unbranched alkanes of at least 4 members (excludes halogenated alkanes) is 52. The molecule has 3 unspecified atom stereocenters. The Balaban J connectivity index is 3.92. The van der Waals surface area contributed by atoms with Crippen molar-refractivity contribution >= 4 is 13.7 Å². The Morgan fingerprint density at radius 3 is 1.00 bits per heavy atom. The number of phosphoric acid groups is 1. The summed E-state index contributed by atoms with van der Waals surface area (Å²) in [5.41, 5.74) is 0. The van der Waals surface area contributed by atoms with Crippen molar-refractivity contribution in [3.05, 3.63) is 24.3 Å². The van der Waals surface area contributed by atoms with Crippen molar-refractivity contribution in [2.45, 2.75) is 398 Å². The lowest BCUT2D eigenvalue weighted by Crippen LogP contribution is -2.46. The molecule has 8 nitrogen and oxygen atoms in total. The number of nitrogens with one attached hydrogen (secondary N) is 1. The van der Waals surface area contributed by atoms with Crippen molar-refractivity contribution in [3.8, 4) is 0 Å². The molecule has 0 spiro atoms. The second-order valence-electron chi connectivity index (χ2n) is 26.7. The summed E-state index contributed by atoms with van der Waals surface area (Å²) < 4.78 is 23.9. The van der Waals surface area contributed by atoms with Crippen molar-refractivity contribution < 1.29 is 32.9 Å². The Morgan fingerprint density at radius 1 is 0.415 bits per heavy atom. The highest BCUT2D eigenvalue weighted by Gasteiger charge is 2.28. The molecule has 9 heteroatoms. The maximum atomic E-state index is 13.1. The number of amides is 1. The second kappa shape index (κ2) is 64.5. The predicted molar refractivity (Wildman–Crippen MR) is 360 cm³/mol. The van der Waals surface area contributed by atoms with Crippen LogP contribution in [0.4, 0.5) is 0 Å². The number of allylic oxidation sites excluding steroid dienone is 4. The second-order valence-corrected chi connectivity index (χ2v) is 28.1. The highest BCUT2D eigenvalue weighted by Crippen LogP contribution is 2.43. The van der Waals surface area contributed by atoms with Crippen LogP contribution in [0.2, 0.25) is 0 Å². The predicted octanol–water partition coefficient (Wildman–Crippen LogP) is 23.4. The van der Waals surface area contributed by atoms with Gasteiger partial charge >= 0.3 is 7.82 Å². The van der Waals surface area contributed by atoms with E-state index in [1.54, 1.807) is 0 Å². The molecule has 0 aliphatic carbocycles. The molecule has 3 atom stereocenters. The van der Waals surface area contributed by atoms with Gasteiger partial charge in [-0.2, -0.15) is 0 Å². The molecule has 0 bridgehead atoms. The molecule has 3 N–H and O–H groups in total. The SMILES string of the molecule is CCCCCCC/C=C\C/C=C\CCCCCCCCCCCCCCCCCCCCCCCCCCCC(=O)NC(COP(=O)(O)OCC[N+](C)(C)C)C(O)CCCCCCCCCCCCCCCCCCCCCCCCC. The monoisotopic (exact) mass is 1180 g/mol. The first-order valence-electron chi connectivity index (χ1n) is 36.7. The summed E-state index contributed by atoms with van der Waals surface area (Å²) in [6.45, 7) is 4.94. The van der Waals surface area contributed by atoms with E-state index in [0.717, 1.165) is 44.9 Å². The summed E-state index contributed by atoms with van der Waals surface area (Å²) in [4.78, 5) is 23.5. The molecule has 0 saturated heterocycles. The Morgan fingerprint density at radius 2 is 0.695 bits per heavy atom. The zero-order chi connectivity index (χ0) is 59.8. The number of rotatable bonds is 69. The van der Waals surface area contributed by atoms with Crippen LogP contribution in [0.1, 0.15) is 386 Å². The third kappa shape index (κ3) is 66.5. The Labute approximate surface area is 513 Å². The van der Waals surface area contributed by atoms with Crippen LogP contribution in [0.5, 0.6) is 0 Å². The zero-order valence-electron chi connectivity index (χ0n) is 56.0. The summed E-state index contributed by atoms with van der Waals surface area (Å²) in [6, 6.07) is -0.759. The molecule has 0 rings (SSSR count). The Bertz CT molecular complexity index is 1390. The van der Waals surface area contributed by atoms with Gasteiger partial charge in [0.15, 0.2) is 0 Å². The molecule has 82 heavy (non-hydrogen) atoms. The number of hydrogen-bond donors (Lipinski definition) is 3. The van der Waals surface area contributed by atoms with E-state index in [9.17, 15) is 19.4 Å². The standard InChI is InChI=1S/C73H145N2O6P/c1-6-8-10-12-14-16-18-20-22-24-26-28-30-31-32-33-34-35-36-37-38-39-40-41-42-43-45-47-49-51-53-55-57-59-61-63-65-67-73(77)74-71(70-81-82(78,79)80-69-68-75(3,4)5)72(76)66-64-62-60-58-56-54-52-50-48-46-44-29-27-25-23-21-19-17-15-13-11-9-7-2/h18,20,24,26,71-72,76H,6-17,19,21-23,25,27-70H2,1-5H3,(H-,74,77,78,79)/p+1/b20-18-,26-24-. The summed E-state index contributed by atoms with van der Waals surface area (Å²) in [7, 11) is 1.64. The number of nitrogens with zero attached hydrogens (tertiary/aromatic N) is 1. The molecular weight excluding hydrogens is 1030 g/mol. The largest absolute Gasteiger partial charge is 0.472 e. The van der Waals surface area contributed by atoms with Gasteiger partial charge in [-0.3, -0.25) is 13.8 Å². The number of quaternary nitrogens is 1. The maximum Gasteiger partial charge on any atom is 0.472 e. The van der Waals surface area contributed by atoms with E-state index in [4.69, 9.17) is 9.05 Å². The lowest BCUT2D eigenvalue weighted by molar-refractivity contribution is -0.870. The number of phosphoric ester groups is 1. The number of carbonyl (C=O) groups excluding carboxylic acids is 1. The summed E-state index contributed by atoms with van der Waals surface area (Å²) in [5, 5.41) is 14.2. The molecule has 0 aromatic carbocycles. The number of aliphatic hydroxyl groups is 1. The van der Waals surface area contributed by atoms with Gasteiger partial charge in [0.25, 0.3) is 0 Å². The maximum absolute atomic E-state index is 13.1. The van der Waals surface area contributed by atoms with E-state index in [1.807, 2.05) is 21.1 Å². The van der Waals surface area contributed by atoms with Crippen LogP contribution in [-0.2, 0) is 18.4 Å². The number of carbonyl (C=O) groups is 1. The van der Waals surface area contributed by atoms with Gasteiger partial charge in [0.2, 0.25) is 5.91 Å². The third-order valence-electron chi connectivity index (χ3n) is 17.2. The van der Waals surface area contributed by atoms with Gasteiger partial charge in [-0.05, 0) is 44.9 Å². The van der Waals surface area contributed by atoms with Crippen LogP contribution in [0.25, 0.3) is 0 Å². The Hall–Kier alpha value is -1.02. The molecule has 0 heterocycles. The first-order chi connectivity index (χ1) is 40.0. The molecule has 0 aliphatic rings. The van der Waals surface area contributed by atoms with Crippen LogP contribution in [0.15, 0.2) is 24.3 Å². The number of likely N-dealkylation sites (N-methyl/N-ethyl adjacent to an activating group) is 1. The van der Waals surface area contributed by atoms with Crippen LogP contribution >= 0.6 is 7.82 Å². The smallest absolute Gasteiger partial charge is 0.391 e. The van der Waals surface area contributed by atoms with Crippen molar-refractivity contribution in [3.63, 3.8) is 0 Å². The molecular formula is C73H146N2O6P+. The van der Waals surface area contributed by atoms with Gasteiger partial charge in [-0.15, -0.1) is 0 Å². The van der Waals surface area contributed by atoms with Crippen LogP contribution < -0.4 is 5.32 Å². The summed E-state index contributed by atoms with van der Waals surface area (Å²) >= 11 is 0. The van der Waals surface area contributed by atoms with E-state index < -0.39 is 20.0 Å². The topological polar surface area (TPSA) is 105 Å². The summed E-state index contributed by atoms with van der Waals surface area (Å²) in [5.74, 6) is -0.134. The van der Waals surface area contributed by atoms with E-state index in [-0.39, 0.29) is 19.1 Å². The van der Waals surface area contributed by atoms with Crippen LogP contribution in [0, 0.1) is 0 Å². The molecule has 0 aliphatic heterocycles. The van der Waals surface area contributed by atoms with Gasteiger partial charge < -0.3 is 19.8 Å². The van der Waals surface area contributed by atoms with E-state index in [1.165, 1.54) is 315 Å². The molecule has 1 amide bonds.